The summed E-state index contributed by atoms with van der Waals surface area (Å²) in [5, 5.41) is 5.60. The van der Waals surface area contributed by atoms with Crippen LogP contribution < -0.4 is 10.6 Å². The number of anilines is 1. The van der Waals surface area contributed by atoms with E-state index in [4.69, 9.17) is 0 Å². The van der Waals surface area contributed by atoms with Gasteiger partial charge in [0.1, 0.15) is 6.04 Å². The fourth-order valence-corrected chi connectivity index (χ4v) is 3.86. The molecule has 1 aromatic rings. The maximum atomic E-state index is 12.9. The Bertz CT molecular complexity index is 820. The molecule has 2 aliphatic rings. The van der Waals surface area contributed by atoms with Crippen LogP contribution in [0.2, 0.25) is 0 Å². The first-order valence-corrected chi connectivity index (χ1v) is 10.2. The van der Waals surface area contributed by atoms with Gasteiger partial charge >= 0.3 is 0 Å². The first-order valence-electron chi connectivity index (χ1n) is 10.2. The molecule has 0 radical (unpaired) electrons. The molecule has 2 N–H and O–H groups in total. The molecule has 0 spiro atoms. The number of aryl methyl sites for hydroxylation is 2. The number of piperazine rings is 2. The van der Waals surface area contributed by atoms with E-state index in [1.807, 2.05) is 36.9 Å². The van der Waals surface area contributed by atoms with E-state index < -0.39 is 6.04 Å². The zero-order valence-corrected chi connectivity index (χ0v) is 17.5. The number of nitrogens with zero attached hydrogens (tertiary/aromatic N) is 3. The molecule has 2 saturated heterocycles. The quantitative estimate of drug-likeness (QED) is 0.623. The summed E-state index contributed by atoms with van der Waals surface area (Å²) in [7, 11) is 0. The molecular weight excluding hydrogens is 386 g/mol. The second-order valence-corrected chi connectivity index (χ2v) is 7.88. The summed E-state index contributed by atoms with van der Waals surface area (Å²) >= 11 is 0. The first kappa shape index (κ1) is 21.8. The fraction of sp³-hybridized carbons (Fsp3) is 0.524. The van der Waals surface area contributed by atoms with Crippen molar-refractivity contribution in [2.45, 2.75) is 26.3 Å². The van der Waals surface area contributed by atoms with Crippen molar-refractivity contribution >= 4 is 29.8 Å². The molecule has 0 unspecified atom stereocenters. The van der Waals surface area contributed by atoms with Crippen LogP contribution in [0.3, 0.4) is 0 Å². The van der Waals surface area contributed by atoms with Crippen LogP contribution in [-0.4, -0.2) is 90.7 Å². The maximum absolute atomic E-state index is 12.9. The van der Waals surface area contributed by atoms with E-state index in [9.17, 15) is 19.2 Å². The van der Waals surface area contributed by atoms with E-state index in [0.29, 0.717) is 45.0 Å². The lowest BCUT2D eigenvalue weighted by atomic mass is 10.1. The summed E-state index contributed by atoms with van der Waals surface area (Å²) in [6.45, 7) is 7.21. The second kappa shape index (κ2) is 9.71. The molecule has 2 aliphatic heterocycles. The molecule has 2 heterocycles. The van der Waals surface area contributed by atoms with E-state index in [0.717, 1.165) is 17.5 Å². The smallest absolute Gasteiger partial charge is 0.243 e. The molecule has 0 aliphatic carbocycles. The van der Waals surface area contributed by atoms with Gasteiger partial charge in [-0.25, -0.2) is 0 Å². The third-order valence-electron chi connectivity index (χ3n) is 5.60. The lowest BCUT2D eigenvalue weighted by Crippen LogP contribution is -2.60. The summed E-state index contributed by atoms with van der Waals surface area (Å²) in [6, 6.07) is 4.90. The Morgan fingerprint density at radius 3 is 2.57 bits per heavy atom. The van der Waals surface area contributed by atoms with Crippen LogP contribution in [0.4, 0.5) is 5.69 Å². The Kier molecular flexibility index (Phi) is 7.04. The van der Waals surface area contributed by atoms with Crippen LogP contribution in [0.25, 0.3) is 0 Å². The van der Waals surface area contributed by atoms with E-state index in [2.05, 4.69) is 10.6 Å². The summed E-state index contributed by atoms with van der Waals surface area (Å²) in [4.78, 5) is 53.9. The van der Waals surface area contributed by atoms with Crippen molar-refractivity contribution in [2.75, 3.05) is 51.1 Å². The van der Waals surface area contributed by atoms with Gasteiger partial charge in [-0.2, -0.15) is 0 Å². The molecule has 3 rings (SSSR count). The molecule has 1 atom stereocenters. The van der Waals surface area contributed by atoms with Crippen LogP contribution >= 0.6 is 0 Å². The van der Waals surface area contributed by atoms with Crippen molar-refractivity contribution in [1.82, 2.24) is 20.0 Å². The van der Waals surface area contributed by atoms with Crippen LogP contribution in [0.1, 0.15) is 17.5 Å². The van der Waals surface area contributed by atoms with Crippen molar-refractivity contribution in [3.63, 3.8) is 0 Å². The Morgan fingerprint density at radius 1 is 1.17 bits per heavy atom. The zero-order chi connectivity index (χ0) is 21.7. The lowest BCUT2D eigenvalue weighted by Gasteiger charge is -2.37. The highest BCUT2D eigenvalue weighted by atomic mass is 16.2. The summed E-state index contributed by atoms with van der Waals surface area (Å²) in [5.74, 6) is -0.786. The molecule has 1 aromatic carbocycles. The van der Waals surface area contributed by atoms with Gasteiger partial charge in [0.05, 0.1) is 13.0 Å². The van der Waals surface area contributed by atoms with Gasteiger partial charge in [-0.15, -0.1) is 0 Å². The van der Waals surface area contributed by atoms with Gasteiger partial charge in [-0.1, -0.05) is 17.7 Å². The number of rotatable bonds is 6. The highest BCUT2D eigenvalue weighted by Gasteiger charge is 2.35. The topological polar surface area (TPSA) is 102 Å². The molecule has 9 heteroatoms. The average Bonchev–Trinajstić information content (AvgIpc) is 2.72. The first-order chi connectivity index (χ1) is 14.4. The van der Waals surface area contributed by atoms with E-state index in [-0.39, 0.29) is 30.7 Å². The van der Waals surface area contributed by atoms with Crippen molar-refractivity contribution < 1.29 is 19.2 Å². The molecule has 4 amide bonds. The molecule has 0 saturated carbocycles. The van der Waals surface area contributed by atoms with Gasteiger partial charge in [0.15, 0.2) is 0 Å². The van der Waals surface area contributed by atoms with Gasteiger partial charge in [-0.3, -0.25) is 24.1 Å². The van der Waals surface area contributed by atoms with Crippen LogP contribution in [0, 0.1) is 13.8 Å². The van der Waals surface area contributed by atoms with Crippen molar-refractivity contribution in [3.8, 4) is 0 Å². The van der Waals surface area contributed by atoms with Crippen molar-refractivity contribution in [2.24, 2.45) is 0 Å². The number of carbonyl (C=O) groups excluding carboxylic acids is 4. The third kappa shape index (κ3) is 5.35. The monoisotopic (exact) mass is 415 g/mol. The highest BCUT2D eigenvalue weighted by molar-refractivity contribution is 5.98. The van der Waals surface area contributed by atoms with Crippen molar-refractivity contribution in [1.29, 1.82) is 0 Å². The highest BCUT2D eigenvalue weighted by Crippen LogP contribution is 2.18. The molecule has 162 valence electrons. The third-order valence-corrected chi connectivity index (χ3v) is 5.60. The molecule has 0 aromatic heterocycles. The summed E-state index contributed by atoms with van der Waals surface area (Å²) < 4.78 is 0. The zero-order valence-electron chi connectivity index (χ0n) is 17.5. The van der Waals surface area contributed by atoms with E-state index >= 15 is 0 Å². The van der Waals surface area contributed by atoms with Crippen LogP contribution in [0.5, 0.6) is 0 Å². The largest absolute Gasteiger partial charge is 0.353 e. The normalized spacial score (nSPS) is 19.9. The Hall–Kier alpha value is -2.94. The molecule has 9 nitrogen and oxygen atoms in total. The second-order valence-electron chi connectivity index (χ2n) is 7.88. The number of nitrogens with one attached hydrogen (secondary N) is 2. The summed E-state index contributed by atoms with van der Waals surface area (Å²) in [5.41, 5.74) is 2.74. The number of carbonyl (C=O) groups is 4. The van der Waals surface area contributed by atoms with Gasteiger partial charge < -0.3 is 20.4 Å². The lowest BCUT2D eigenvalue weighted by molar-refractivity contribution is -0.145. The van der Waals surface area contributed by atoms with Crippen LogP contribution in [-0.2, 0) is 19.2 Å². The van der Waals surface area contributed by atoms with E-state index in [1.165, 1.54) is 4.90 Å². The van der Waals surface area contributed by atoms with Crippen LogP contribution in [0.15, 0.2) is 18.2 Å². The standard InChI is InChI=1S/C21H29N5O4/c1-15-3-4-17(16(2)11-15)23-19(28)12-18-21(30)22-5-6-26(18)20(29)13-24-7-9-25(14-27)10-8-24/h3-4,11,14,18H,5-10,12-13H2,1-2H3,(H,22,30)(H,23,28)/t18-/m0/s1. The summed E-state index contributed by atoms with van der Waals surface area (Å²) in [6.07, 6.45) is 0.725. The molecule has 30 heavy (non-hydrogen) atoms. The molecule has 0 bridgehead atoms. The minimum atomic E-state index is -0.826. The fourth-order valence-electron chi connectivity index (χ4n) is 3.86. The number of hydrogen-bond acceptors (Lipinski definition) is 5. The maximum Gasteiger partial charge on any atom is 0.243 e. The Morgan fingerprint density at radius 2 is 1.90 bits per heavy atom. The van der Waals surface area contributed by atoms with Gasteiger partial charge in [0.2, 0.25) is 24.1 Å². The number of benzene rings is 1. The minimum absolute atomic E-state index is 0.0934. The predicted octanol–water partition coefficient (Wildman–Crippen LogP) is -0.267. The molecule has 2 fully saturated rings. The number of amides is 4. The van der Waals surface area contributed by atoms with Gasteiger partial charge in [0.25, 0.3) is 0 Å². The average molecular weight is 415 g/mol. The van der Waals surface area contributed by atoms with Gasteiger partial charge in [-0.05, 0) is 25.5 Å². The van der Waals surface area contributed by atoms with E-state index in [1.54, 1.807) is 4.90 Å². The van der Waals surface area contributed by atoms with Gasteiger partial charge in [0, 0.05) is 45.0 Å². The Labute approximate surface area is 176 Å². The Balaban J connectivity index is 1.61. The SMILES string of the molecule is Cc1ccc(NC(=O)C[C@H]2C(=O)NCCN2C(=O)CN2CCN(C=O)CC2)c(C)c1. The molecular formula is C21H29N5O4. The number of hydrogen-bond donors (Lipinski definition) is 2. The minimum Gasteiger partial charge on any atom is -0.353 e. The predicted molar refractivity (Wildman–Crippen MR) is 112 cm³/mol. The van der Waals surface area contributed by atoms with Crippen molar-refractivity contribution in [3.05, 3.63) is 29.3 Å².